The van der Waals surface area contributed by atoms with Crippen LogP contribution in [0.5, 0.6) is 0 Å². The van der Waals surface area contributed by atoms with E-state index in [0.29, 0.717) is 32.5 Å². The number of carbonyl (C=O) groups excluding carboxylic acids is 3. The molecule has 0 aromatic carbocycles. The second-order valence-electron chi connectivity index (χ2n) is 6.54. The van der Waals surface area contributed by atoms with Crippen LogP contribution in [-0.2, 0) is 9.53 Å². The monoisotopic (exact) mass is 297 g/mol. The largest absolute Gasteiger partial charge is 0.444 e. The first-order valence-corrected chi connectivity index (χ1v) is 7.30. The second-order valence-corrected chi connectivity index (χ2v) is 6.54. The zero-order valence-corrected chi connectivity index (χ0v) is 12.8. The molecule has 2 aliphatic heterocycles. The normalized spacial score (nSPS) is 21.8. The molecular weight excluding hydrogens is 274 g/mol. The highest BCUT2D eigenvalue weighted by atomic mass is 16.6. The van der Waals surface area contributed by atoms with Gasteiger partial charge in [0, 0.05) is 26.1 Å². The van der Waals surface area contributed by atoms with E-state index in [1.54, 1.807) is 9.80 Å². The molecule has 0 saturated carbocycles. The number of ether oxygens (including phenoxy) is 1. The Kier molecular flexibility index (Phi) is 4.39. The van der Waals surface area contributed by atoms with Crippen molar-refractivity contribution in [1.29, 1.82) is 0 Å². The first-order chi connectivity index (χ1) is 9.76. The summed E-state index contributed by atoms with van der Waals surface area (Å²) >= 11 is 0. The maximum absolute atomic E-state index is 12.0. The maximum Gasteiger partial charge on any atom is 0.407 e. The number of nitrogens with zero attached hydrogens (tertiary/aromatic N) is 2. The maximum atomic E-state index is 12.0. The Morgan fingerprint density at radius 1 is 1.38 bits per heavy atom. The molecule has 3 amide bonds. The van der Waals surface area contributed by atoms with Crippen LogP contribution in [0.1, 0.15) is 33.6 Å². The van der Waals surface area contributed by atoms with Crippen molar-refractivity contribution < 1.29 is 19.1 Å². The lowest BCUT2D eigenvalue weighted by Crippen LogP contribution is -2.36. The van der Waals surface area contributed by atoms with Crippen molar-refractivity contribution in [3.63, 3.8) is 0 Å². The molecule has 2 saturated heterocycles. The molecule has 7 nitrogen and oxygen atoms in total. The SMILES string of the molecule is CC(C)(C)OC(=O)NCCCN1C[C@@H]2CC(=O)CN2C1=O. The van der Waals surface area contributed by atoms with E-state index in [1.807, 2.05) is 20.8 Å². The Morgan fingerprint density at radius 2 is 2.10 bits per heavy atom. The third-order valence-electron chi connectivity index (χ3n) is 3.47. The van der Waals surface area contributed by atoms with Gasteiger partial charge in [-0.1, -0.05) is 0 Å². The highest BCUT2D eigenvalue weighted by Gasteiger charge is 2.42. The molecule has 0 aliphatic carbocycles. The number of nitrogens with one attached hydrogen (secondary N) is 1. The smallest absolute Gasteiger partial charge is 0.407 e. The van der Waals surface area contributed by atoms with Gasteiger partial charge in [0.15, 0.2) is 5.78 Å². The fraction of sp³-hybridized carbons (Fsp3) is 0.786. The van der Waals surface area contributed by atoms with Crippen molar-refractivity contribution in [2.75, 3.05) is 26.2 Å². The highest BCUT2D eigenvalue weighted by molar-refractivity contribution is 5.91. The lowest BCUT2D eigenvalue weighted by molar-refractivity contribution is -0.116. The fourth-order valence-electron chi connectivity index (χ4n) is 2.62. The van der Waals surface area contributed by atoms with E-state index in [9.17, 15) is 14.4 Å². The van der Waals surface area contributed by atoms with Crippen LogP contribution < -0.4 is 5.32 Å². The van der Waals surface area contributed by atoms with Gasteiger partial charge in [0.2, 0.25) is 0 Å². The standard InChI is InChI=1S/C14H23N3O4/c1-14(2,3)21-12(19)15-5-4-6-16-8-10-7-11(18)9-17(10)13(16)20/h10H,4-9H2,1-3H3,(H,15,19)/t10-/m0/s1. The highest BCUT2D eigenvalue weighted by Crippen LogP contribution is 2.24. The zero-order valence-electron chi connectivity index (χ0n) is 12.8. The van der Waals surface area contributed by atoms with Crippen LogP contribution in [-0.4, -0.2) is 65.5 Å². The molecule has 2 heterocycles. The average Bonchev–Trinajstić information content (AvgIpc) is 2.82. The van der Waals surface area contributed by atoms with Gasteiger partial charge < -0.3 is 19.9 Å². The Morgan fingerprint density at radius 3 is 2.71 bits per heavy atom. The van der Waals surface area contributed by atoms with Gasteiger partial charge in [-0.3, -0.25) is 4.79 Å². The quantitative estimate of drug-likeness (QED) is 0.785. The molecule has 0 radical (unpaired) electrons. The van der Waals surface area contributed by atoms with Gasteiger partial charge in [0.1, 0.15) is 5.60 Å². The summed E-state index contributed by atoms with van der Waals surface area (Å²) in [5.41, 5.74) is -0.508. The number of Topliss-reactive ketones (excluding diaryl/α,β-unsaturated/α-hetero) is 1. The summed E-state index contributed by atoms with van der Waals surface area (Å²) in [6.45, 7) is 7.32. The van der Waals surface area contributed by atoms with Crippen molar-refractivity contribution in [2.24, 2.45) is 0 Å². The first-order valence-electron chi connectivity index (χ1n) is 7.30. The molecular formula is C14H23N3O4. The van der Waals surface area contributed by atoms with E-state index in [-0.39, 0.29) is 24.4 Å². The Labute approximate surface area is 124 Å². The van der Waals surface area contributed by atoms with Crippen LogP contribution in [0.4, 0.5) is 9.59 Å². The molecule has 7 heteroatoms. The summed E-state index contributed by atoms with van der Waals surface area (Å²) < 4.78 is 5.13. The van der Waals surface area contributed by atoms with Crippen molar-refractivity contribution >= 4 is 17.9 Å². The second kappa shape index (κ2) is 5.91. The number of amides is 3. The van der Waals surface area contributed by atoms with Gasteiger partial charge in [-0.05, 0) is 27.2 Å². The van der Waals surface area contributed by atoms with Gasteiger partial charge in [-0.2, -0.15) is 0 Å². The molecule has 0 unspecified atom stereocenters. The molecule has 2 rings (SSSR count). The summed E-state index contributed by atoms with van der Waals surface area (Å²) in [5, 5.41) is 2.67. The molecule has 21 heavy (non-hydrogen) atoms. The van der Waals surface area contributed by atoms with Crippen LogP contribution in [0.2, 0.25) is 0 Å². The summed E-state index contributed by atoms with van der Waals surface area (Å²) in [7, 11) is 0. The predicted octanol–water partition coefficient (Wildman–Crippen LogP) is 0.980. The van der Waals surface area contributed by atoms with Gasteiger partial charge in [0.05, 0.1) is 12.6 Å². The Balaban J connectivity index is 1.65. The molecule has 0 aromatic rings. The summed E-state index contributed by atoms with van der Waals surface area (Å²) in [6, 6.07) is -0.0214. The molecule has 1 atom stereocenters. The van der Waals surface area contributed by atoms with E-state index < -0.39 is 11.7 Å². The molecule has 0 bridgehead atoms. The van der Waals surface area contributed by atoms with E-state index >= 15 is 0 Å². The lowest BCUT2D eigenvalue weighted by atomic mass is 10.2. The van der Waals surface area contributed by atoms with E-state index in [4.69, 9.17) is 4.74 Å². The lowest BCUT2D eigenvalue weighted by Gasteiger charge is -2.20. The number of hydrogen-bond acceptors (Lipinski definition) is 4. The van der Waals surface area contributed by atoms with Gasteiger partial charge in [-0.25, -0.2) is 9.59 Å². The molecule has 2 fully saturated rings. The number of ketones is 1. The molecule has 0 aromatic heterocycles. The number of urea groups is 1. The molecule has 2 aliphatic rings. The van der Waals surface area contributed by atoms with Gasteiger partial charge in [0.25, 0.3) is 0 Å². The summed E-state index contributed by atoms with van der Waals surface area (Å²) in [5.74, 6) is 0.139. The van der Waals surface area contributed by atoms with Gasteiger partial charge >= 0.3 is 12.1 Å². The van der Waals surface area contributed by atoms with Crippen LogP contribution >= 0.6 is 0 Å². The van der Waals surface area contributed by atoms with Crippen molar-refractivity contribution in [3.8, 4) is 0 Å². The number of alkyl carbamates (subject to hydrolysis) is 1. The van der Waals surface area contributed by atoms with Crippen LogP contribution in [0, 0.1) is 0 Å². The minimum atomic E-state index is -0.508. The number of carbonyl (C=O) groups is 3. The van der Waals surface area contributed by atoms with Crippen LogP contribution in [0.15, 0.2) is 0 Å². The van der Waals surface area contributed by atoms with Crippen molar-refractivity contribution in [3.05, 3.63) is 0 Å². The van der Waals surface area contributed by atoms with Gasteiger partial charge in [-0.15, -0.1) is 0 Å². The number of rotatable bonds is 4. The van der Waals surface area contributed by atoms with Crippen molar-refractivity contribution in [1.82, 2.24) is 15.1 Å². The third kappa shape index (κ3) is 4.09. The van der Waals surface area contributed by atoms with Crippen molar-refractivity contribution in [2.45, 2.75) is 45.3 Å². The topological polar surface area (TPSA) is 79.0 Å². The first kappa shape index (κ1) is 15.6. The minimum Gasteiger partial charge on any atom is -0.444 e. The van der Waals surface area contributed by atoms with Crippen LogP contribution in [0.3, 0.4) is 0 Å². The Hall–Kier alpha value is -1.79. The Bertz CT molecular complexity index is 444. The van der Waals surface area contributed by atoms with E-state index in [2.05, 4.69) is 5.32 Å². The predicted molar refractivity (Wildman–Crippen MR) is 75.9 cm³/mol. The fourth-order valence-corrected chi connectivity index (χ4v) is 2.62. The summed E-state index contributed by atoms with van der Waals surface area (Å²) in [4.78, 5) is 38.2. The average molecular weight is 297 g/mol. The van der Waals surface area contributed by atoms with E-state index in [0.717, 1.165) is 0 Å². The molecule has 1 N–H and O–H groups in total. The molecule has 0 spiro atoms. The molecule has 118 valence electrons. The minimum absolute atomic E-state index is 0.0452. The third-order valence-corrected chi connectivity index (χ3v) is 3.47. The summed E-state index contributed by atoms with van der Waals surface area (Å²) in [6.07, 6.45) is 0.694. The number of hydrogen-bond donors (Lipinski definition) is 1. The number of fused-ring (bicyclic) bond motifs is 1. The van der Waals surface area contributed by atoms with E-state index in [1.165, 1.54) is 0 Å². The zero-order chi connectivity index (χ0) is 15.6. The van der Waals surface area contributed by atoms with Crippen LogP contribution in [0.25, 0.3) is 0 Å².